The van der Waals surface area contributed by atoms with Crippen molar-refractivity contribution in [3.05, 3.63) is 29.8 Å². The summed E-state index contributed by atoms with van der Waals surface area (Å²) in [5.41, 5.74) is 6.31. The molecule has 0 bridgehead atoms. The minimum atomic E-state index is -2.85. The van der Waals surface area contributed by atoms with E-state index in [9.17, 15) is 13.6 Å². The third-order valence-electron chi connectivity index (χ3n) is 3.63. The van der Waals surface area contributed by atoms with E-state index in [4.69, 9.17) is 10.5 Å². The van der Waals surface area contributed by atoms with E-state index in [1.54, 1.807) is 12.1 Å². The molecular formula is C15H21ClF2N2O3. The quantitative estimate of drug-likeness (QED) is 0.826. The van der Waals surface area contributed by atoms with Gasteiger partial charge in [-0.25, -0.2) is 0 Å². The maximum atomic E-state index is 12.1. The molecule has 1 aromatic carbocycles. The predicted octanol–water partition coefficient (Wildman–Crippen LogP) is 2.39. The summed E-state index contributed by atoms with van der Waals surface area (Å²) in [5, 5.41) is 2.85. The fraction of sp³-hybridized carbons (Fsp3) is 0.533. The van der Waals surface area contributed by atoms with Gasteiger partial charge in [0.2, 0.25) is 5.91 Å². The monoisotopic (exact) mass is 350 g/mol. The number of hydrogen-bond donors (Lipinski definition) is 2. The van der Waals surface area contributed by atoms with Crippen molar-refractivity contribution in [2.75, 3.05) is 6.54 Å². The molecule has 23 heavy (non-hydrogen) atoms. The molecule has 0 saturated carbocycles. The van der Waals surface area contributed by atoms with Gasteiger partial charge in [-0.15, -0.1) is 12.4 Å². The van der Waals surface area contributed by atoms with Crippen LogP contribution in [0.1, 0.15) is 31.4 Å². The van der Waals surface area contributed by atoms with Gasteiger partial charge in [0.1, 0.15) is 11.9 Å². The van der Waals surface area contributed by atoms with Crippen LogP contribution in [0.3, 0.4) is 0 Å². The van der Waals surface area contributed by atoms with Crippen molar-refractivity contribution in [1.29, 1.82) is 0 Å². The molecule has 5 nitrogen and oxygen atoms in total. The lowest BCUT2D eigenvalue weighted by atomic mass is 10.1. The van der Waals surface area contributed by atoms with Gasteiger partial charge in [-0.05, 0) is 37.5 Å². The number of rotatable bonds is 6. The van der Waals surface area contributed by atoms with Crippen molar-refractivity contribution in [2.24, 2.45) is 5.73 Å². The van der Waals surface area contributed by atoms with Crippen LogP contribution in [0.25, 0.3) is 0 Å². The standard InChI is InChI=1S/C15H20F2N2O3.ClH/c1-9(10-2-4-11(5-3-10)22-15(16)17)19-14(20)13-7-6-12(8-18)21-13;/h2-5,9,12-13,15H,6-8,18H2,1H3,(H,19,20);1H/t9?,12-,13+;/m1./s1. The number of nitrogens with one attached hydrogen (secondary N) is 1. The van der Waals surface area contributed by atoms with Crippen LogP contribution in [-0.4, -0.2) is 31.3 Å². The van der Waals surface area contributed by atoms with Crippen LogP contribution in [-0.2, 0) is 9.53 Å². The molecule has 3 N–H and O–H groups in total. The Labute approximate surface area is 139 Å². The summed E-state index contributed by atoms with van der Waals surface area (Å²) in [6.07, 6.45) is 0.902. The Kier molecular flexibility index (Phi) is 7.67. The fourth-order valence-corrected chi connectivity index (χ4v) is 2.40. The second kappa shape index (κ2) is 9.00. The minimum absolute atomic E-state index is 0. The minimum Gasteiger partial charge on any atom is -0.435 e. The molecule has 1 saturated heterocycles. The smallest absolute Gasteiger partial charge is 0.387 e. The molecule has 0 aliphatic carbocycles. The Morgan fingerprint density at radius 3 is 2.57 bits per heavy atom. The molecule has 0 aromatic heterocycles. The van der Waals surface area contributed by atoms with Crippen LogP contribution in [0.5, 0.6) is 5.75 Å². The number of halogens is 3. The Balaban J connectivity index is 0.00000264. The van der Waals surface area contributed by atoms with Crippen molar-refractivity contribution in [2.45, 2.75) is 44.6 Å². The second-order valence-corrected chi connectivity index (χ2v) is 5.24. The van der Waals surface area contributed by atoms with Crippen LogP contribution in [0.4, 0.5) is 8.78 Å². The van der Waals surface area contributed by atoms with Gasteiger partial charge in [0, 0.05) is 6.54 Å². The number of nitrogens with two attached hydrogens (primary N) is 1. The van der Waals surface area contributed by atoms with Crippen LogP contribution >= 0.6 is 12.4 Å². The summed E-state index contributed by atoms with van der Waals surface area (Å²) >= 11 is 0. The molecular weight excluding hydrogens is 330 g/mol. The molecule has 1 aromatic rings. The topological polar surface area (TPSA) is 73.6 Å². The normalized spacial score (nSPS) is 21.6. The van der Waals surface area contributed by atoms with Crippen molar-refractivity contribution in [3.63, 3.8) is 0 Å². The van der Waals surface area contributed by atoms with E-state index in [0.717, 1.165) is 12.0 Å². The largest absolute Gasteiger partial charge is 0.435 e. The van der Waals surface area contributed by atoms with Crippen molar-refractivity contribution in [3.8, 4) is 5.75 Å². The first-order valence-electron chi connectivity index (χ1n) is 7.20. The lowest BCUT2D eigenvalue weighted by molar-refractivity contribution is -0.132. The lowest BCUT2D eigenvalue weighted by Crippen LogP contribution is -2.36. The van der Waals surface area contributed by atoms with Gasteiger partial charge in [0.25, 0.3) is 0 Å². The third kappa shape index (κ3) is 5.60. The van der Waals surface area contributed by atoms with Crippen LogP contribution in [0, 0.1) is 0 Å². The van der Waals surface area contributed by atoms with E-state index in [1.165, 1.54) is 12.1 Å². The zero-order valence-corrected chi connectivity index (χ0v) is 13.5. The SMILES string of the molecule is CC(NC(=O)[C@@H]1CC[C@H](CN)O1)c1ccc(OC(F)F)cc1.Cl. The van der Waals surface area contributed by atoms with Gasteiger partial charge in [0.05, 0.1) is 12.1 Å². The van der Waals surface area contributed by atoms with Gasteiger partial charge in [-0.1, -0.05) is 12.1 Å². The Bertz CT molecular complexity index is 502. The van der Waals surface area contributed by atoms with Crippen LogP contribution in [0.2, 0.25) is 0 Å². The lowest BCUT2D eigenvalue weighted by Gasteiger charge is -2.18. The Morgan fingerprint density at radius 2 is 2.04 bits per heavy atom. The summed E-state index contributed by atoms with van der Waals surface area (Å²) in [5.74, 6) is -0.0986. The van der Waals surface area contributed by atoms with E-state index in [0.29, 0.717) is 13.0 Å². The average molecular weight is 351 g/mol. The summed E-state index contributed by atoms with van der Waals surface area (Å²) in [6, 6.07) is 5.91. The summed E-state index contributed by atoms with van der Waals surface area (Å²) in [7, 11) is 0. The Hall–Kier alpha value is -1.44. The first-order valence-corrected chi connectivity index (χ1v) is 7.20. The highest BCUT2D eigenvalue weighted by Crippen LogP contribution is 2.22. The van der Waals surface area contributed by atoms with Crippen LogP contribution < -0.4 is 15.8 Å². The molecule has 1 aliphatic heterocycles. The number of carbonyl (C=O) groups excluding carboxylic acids is 1. The summed E-state index contributed by atoms with van der Waals surface area (Å²) in [4.78, 5) is 12.1. The number of amides is 1. The number of alkyl halides is 2. The van der Waals surface area contributed by atoms with Gasteiger partial charge in [-0.3, -0.25) is 4.79 Å². The molecule has 1 unspecified atom stereocenters. The number of ether oxygens (including phenoxy) is 2. The average Bonchev–Trinajstić information content (AvgIpc) is 2.96. The first-order chi connectivity index (χ1) is 10.5. The Morgan fingerprint density at radius 1 is 1.39 bits per heavy atom. The molecule has 2 rings (SSSR count). The maximum absolute atomic E-state index is 12.1. The summed E-state index contributed by atoms with van der Waals surface area (Å²) in [6.45, 7) is -0.626. The molecule has 130 valence electrons. The highest BCUT2D eigenvalue weighted by molar-refractivity contribution is 5.85. The van der Waals surface area contributed by atoms with Gasteiger partial charge >= 0.3 is 6.61 Å². The van der Waals surface area contributed by atoms with E-state index in [1.807, 2.05) is 6.92 Å². The number of hydrogen-bond acceptors (Lipinski definition) is 4. The predicted molar refractivity (Wildman–Crippen MR) is 83.8 cm³/mol. The maximum Gasteiger partial charge on any atom is 0.387 e. The molecule has 1 aliphatic rings. The van der Waals surface area contributed by atoms with Gasteiger partial charge in [0.15, 0.2) is 0 Å². The van der Waals surface area contributed by atoms with E-state index in [2.05, 4.69) is 10.1 Å². The van der Waals surface area contributed by atoms with E-state index >= 15 is 0 Å². The zero-order chi connectivity index (χ0) is 16.1. The van der Waals surface area contributed by atoms with Gasteiger partial charge < -0.3 is 20.5 Å². The van der Waals surface area contributed by atoms with E-state index in [-0.39, 0.29) is 36.2 Å². The van der Waals surface area contributed by atoms with Crippen LogP contribution in [0.15, 0.2) is 24.3 Å². The third-order valence-corrected chi connectivity index (χ3v) is 3.63. The van der Waals surface area contributed by atoms with Crippen molar-refractivity contribution >= 4 is 18.3 Å². The molecule has 1 heterocycles. The second-order valence-electron chi connectivity index (χ2n) is 5.24. The number of carbonyl (C=O) groups is 1. The number of benzene rings is 1. The highest BCUT2D eigenvalue weighted by Gasteiger charge is 2.30. The fourth-order valence-electron chi connectivity index (χ4n) is 2.40. The summed E-state index contributed by atoms with van der Waals surface area (Å²) < 4.78 is 34.0. The highest BCUT2D eigenvalue weighted by atomic mass is 35.5. The zero-order valence-electron chi connectivity index (χ0n) is 12.7. The molecule has 0 radical (unpaired) electrons. The molecule has 1 fully saturated rings. The molecule has 1 amide bonds. The van der Waals surface area contributed by atoms with E-state index < -0.39 is 12.7 Å². The molecule has 0 spiro atoms. The molecule has 8 heteroatoms. The molecule has 3 atom stereocenters. The van der Waals surface area contributed by atoms with Crippen molar-refractivity contribution in [1.82, 2.24) is 5.32 Å². The van der Waals surface area contributed by atoms with Crippen molar-refractivity contribution < 1.29 is 23.0 Å². The van der Waals surface area contributed by atoms with Gasteiger partial charge in [-0.2, -0.15) is 8.78 Å². The first kappa shape index (κ1) is 19.6.